The smallest absolute Gasteiger partial charge is 0.315 e. The molecule has 1 atom stereocenters. The number of nitrogens with zero attached hydrogens (tertiary/aromatic N) is 1. The average Bonchev–Trinajstić information content (AvgIpc) is 2.73. The van der Waals surface area contributed by atoms with Gasteiger partial charge in [-0.25, -0.2) is 9.18 Å². The third kappa shape index (κ3) is 6.54. The second kappa shape index (κ2) is 10.4. The van der Waals surface area contributed by atoms with Crippen LogP contribution in [-0.2, 0) is 17.8 Å². The Morgan fingerprint density at radius 2 is 1.66 bits per heavy atom. The highest BCUT2D eigenvalue weighted by atomic mass is 19.1. The van der Waals surface area contributed by atoms with Gasteiger partial charge in [-0.3, -0.25) is 4.90 Å². The number of urea groups is 1. The molecule has 1 saturated heterocycles. The maximum absolute atomic E-state index is 13.2. The molecule has 0 aromatic heterocycles. The highest BCUT2D eigenvalue weighted by molar-refractivity contribution is 5.74. The van der Waals surface area contributed by atoms with Gasteiger partial charge < -0.3 is 15.4 Å². The summed E-state index contributed by atoms with van der Waals surface area (Å²) in [5.41, 5.74) is 3.20. The van der Waals surface area contributed by atoms with E-state index in [4.69, 9.17) is 4.74 Å². The van der Waals surface area contributed by atoms with Gasteiger partial charge in [-0.2, -0.15) is 0 Å². The van der Waals surface area contributed by atoms with E-state index in [2.05, 4.69) is 39.8 Å². The van der Waals surface area contributed by atoms with Crippen LogP contribution >= 0.6 is 0 Å². The summed E-state index contributed by atoms with van der Waals surface area (Å²) in [5, 5.41) is 5.91. The quantitative estimate of drug-likeness (QED) is 0.744. The largest absolute Gasteiger partial charge is 0.379 e. The van der Waals surface area contributed by atoms with Gasteiger partial charge in [0.2, 0.25) is 0 Å². The summed E-state index contributed by atoms with van der Waals surface area (Å²) < 4.78 is 18.6. The number of hydrogen-bond acceptors (Lipinski definition) is 3. The molecule has 2 aromatic carbocycles. The number of rotatable bonds is 7. The summed E-state index contributed by atoms with van der Waals surface area (Å²) in [7, 11) is 0. The molecule has 0 saturated carbocycles. The van der Waals surface area contributed by atoms with E-state index in [-0.39, 0.29) is 23.8 Å². The summed E-state index contributed by atoms with van der Waals surface area (Å²) in [4.78, 5) is 14.8. The van der Waals surface area contributed by atoms with Crippen molar-refractivity contribution in [2.45, 2.75) is 33.0 Å². The molecule has 156 valence electrons. The van der Waals surface area contributed by atoms with E-state index in [9.17, 15) is 9.18 Å². The molecule has 2 aromatic rings. The predicted molar refractivity (Wildman–Crippen MR) is 112 cm³/mol. The molecule has 2 N–H and O–H groups in total. The molecule has 0 aliphatic carbocycles. The fraction of sp³-hybridized carbons (Fsp3) is 0.435. The predicted octanol–water partition coefficient (Wildman–Crippen LogP) is 3.85. The van der Waals surface area contributed by atoms with Gasteiger partial charge in [0.05, 0.1) is 19.3 Å². The number of hydrogen-bond donors (Lipinski definition) is 2. The van der Waals surface area contributed by atoms with Crippen molar-refractivity contribution in [3.8, 4) is 0 Å². The number of morpholine rings is 1. The first kappa shape index (κ1) is 21.3. The van der Waals surface area contributed by atoms with Crippen LogP contribution in [0.3, 0.4) is 0 Å². The number of carbonyl (C=O) groups excluding carboxylic acids is 1. The zero-order valence-electron chi connectivity index (χ0n) is 17.2. The fourth-order valence-corrected chi connectivity index (χ4v) is 3.46. The Bertz CT molecular complexity index is 772. The van der Waals surface area contributed by atoms with Crippen molar-refractivity contribution in [2.24, 2.45) is 5.92 Å². The van der Waals surface area contributed by atoms with Crippen LogP contribution < -0.4 is 10.6 Å². The van der Waals surface area contributed by atoms with E-state index in [1.54, 1.807) is 12.1 Å². The molecule has 1 heterocycles. The van der Waals surface area contributed by atoms with Gasteiger partial charge in [-0.05, 0) is 34.7 Å². The molecule has 1 aliphatic rings. The van der Waals surface area contributed by atoms with Gasteiger partial charge in [-0.1, -0.05) is 50.2 Å². The number of benzene rings is 2. The van der Waals surface area contributed by atoms with Crippen LogP contribution in [0.1, 0.15) is 36.6 Å². The van der Waals surface area contributed by atoms with E-state index in [0.29, 0.717) is 6.54 Å². The van der Waals surface area contributed by atoms with Crippen LogP contribution in [0.15, 0.2) is 48.5 Å². The van der Waals surface area contributed by atoms with Crippen molar-refractivity contribution >= 4 is 6.03 Å². The lowest BCUT2D eigenvalue weighted by Gasteiger charge is -2.26. The van der Waals surface area contributed by atoms with Gasteiger partial charge in [0.1, 0.15) is 5.82 Å². The molecule has 1 unspecified atom stereocenters. The molecule has 29 heavy (non-hydrogen) atoms. The monoisotopic (exact) mass is 399 g/mol. The van der Waals surface area contributed by atoms with Crippen LogP contribution in [0.2, 0.25) is 0 Å². The van der Waals surface area contributed by atoms with Gasteiger partial charge in [0.15, 0.2) is 0 Å². The molecule has 0 spiro atoms. The van der Waals surface area contributed by atoms with Gasteiger partial charge >= 0.3 is 6.03 Å². The molecule has 0 bridgehead atoms. The average molecular weight is 400 g/mol. The Balaban J connectivity index is 1.49. The molecule has 1 aliphatic heterocycles. The van der Waals surface area contributed by atoms with Crippen LogP contribution in [-0.4, -0.2) is 37.2 Å². The molecular weight excluding hydrogens is 369 g/mol. The summed E-state index contributed by atoms with van der Waals surface area (Å²) in [6.45, 7) is 8.97. The maximum Gasteiger partial charge on any atom is 0.315 e. The summed E-state index contributed by atoms with van der Waals surface area (Å²) in [6.07, 6.45) is 0. The van der Waals surface area contributed by atoms with E-state index < -0.39 is 0 Å². The first-order chi connectivity index (χ1) is 14.0. The highest BCUT2D eigenvalue weighted by Gasteiger charge is 2.18. The number of ether oxygens (including phenoxy) is 1. The Morgan fingerprint density at radius 3 is 2.28 bits per heavy atom. The Kier molecular flexibility index (Phi) is 7.61. The summed E-state index contributed by atoms with van der Waals surface area (Å²) >= 11 is 0. The standard InChI is InChI=1S/C23H30FN3O2/c1-17(2)22(20-7-9-21(24)10-8-20)26-23(28)25-15-18-3-5-19(6-4-18)16-27-11-13-29-14-12-27/h3-10,17,22H,11-16H2,1-2H3,(H2,25,26,28). The third-order valence-electron chi connectivity index (χ3n) is 5.17. The van der Waals surface area contributed by atoms with Gasteiger partial charge in [-0.15, -0.1) is 0 Å². The Hall–Kier alpha value is -2.44. The second-order valence-corrected chi connectivity index (χ2v) is 7.81. The molecule has 5 nitrogen and oxygen atoms in total. The van der Waals surface area contributed by atoms with Crippen molar-refractivity contribution in [1.29, 1.82) is 0 Å². The lowest BCUT2D eigenvalue weighted by atomic mass is 9.96. The number of carbonyl (C=O) groups is 1. The SMILES string of the molecule is CC(C)C(NC(=O)NCc1ccc(CN2CCOCC2)cc1)c1ccc(F)cc1. The van der Waals surface area contributed by atoms with Gasteiger partial charge in [0, 0.05) is 26.2 Å². The normalized spacial score (nSPS) is 15.9. The Morgan fingerprint density at radius 1 is 1.03 bits per heavy atom. The summed E-state index contributed by atoms with van der Waals surface area (Å²) in [5.74, 6) is -0.0940. The zero-order chi connectivity index (χ0) is 20.6. The minimum atomic E-state index is -0.280. The molecule has 1 fully saturated rings. The second-order valence-electron chi connectivity index (χ2n) is 7.81. The summed E-state index contributed by atoms with van der Waals surface area (Å²) in [6, 6.07) is 14.2. The van der Waals surface area contributed by atoms with E-state index in [1.165, 1.54) is 17.7 Å². The van der Waals surface area contributed by atoms with Crippen LogP contribution in [0.25, 0.3) is 0 Å². The maximum atomic E-state index is 13.2. The Labute approximate surface area is 172 Å². The lowest BCUT2D eigenvalue weighted by Crippen LogP contribution is -2.39. The van der Waals surface area contributed by atoms with Crippen LogP contribution in [0.5, 0.6) is 0 Å². The van der Waals surface area contributed by atoms with E-state index >= 15 is 0 Å². The number of nitrogens with one attached hydrogen (secondary N) is 2. The molecule has 0 radical (unpaired) electrons. The highest BCUT2D eigenvalue weighted by Crippen LogP contribution is 2.21. The van der Waals surface area contributed by atoms with Gasteiger partial charge in [0.25, 0.3) is 0 Å². The van der Waals surface area contributed by atoms with Crippen molar-refractivity contribution in [2.75, 3.05) is 26.3 Å². The van der Waals surface area contributed by atoms with E-state index in [1.807, 2.05) is 13.8 Å². The van der Waals surface area contributed by atoms with Crippen LogP contribution in [0, 0.1) is 11.7 Å². The molecule has 3 rings (SSSR count). The molecule has 2 amide bonds. The van der Waals surface area contributed by atoms with Crippen molar-refractivity contribution < 1.29 is 13.9 Å². The zero-order valence-corrected chi connectivity index (χ0v) is 17.2. The van der Waals surface area contributed by atoms with Crippen molar-refractivity contribution in [3.05, 3.63) is 71.0 Å². The number of amides is 2. The fourth-order valence-electron chi connectivity index (χ4n) is 3.46. The first-order valence-electron chi connectivity index (χ1n) is 10.2. The lowest BCUT2D eigenvalue weighted by molar-refractivity contribution is 0.0342. The topological polar surface area (TPSA) is 53.6 Å². The number of halogens is 1. The van der Waals surface area contributed by atoms with Crippen LogP contribution in [0.4, 0.5) is 9.18 Å². The van der Waals surface area contributed by atoms with Crippen molar-refractivity contribution in [1.82, 2.24) is 15.5 Å². The van der Waals surface area contributed by atoms with E-state index in [0.717, 1.165) is 44.0 Å². The molecular formula is C23H30FN3O2. The first-order valence-corrected chi connectivity index (χ1v) is 10.2. The minimum absolute atomic E-state index is 0.175. The van der Waals surface area contributed by atoms with Crippen molar-refractivity contribution in [3.63, 3.8) is 0 Å². The minimum Gasteiger partial charge on any atom is -0.379 e. The molecule has 6 heteroatoms. The third-order valence-corrected chi connectivity index (χ3v) is 5.17.